The summed E-state index contributed by atoms with van der Waals surface area (Å²) in [6.07, 6.45) is 2.40. The second-order valence-electron chi connectivity index (χ2n) is 4.02. The third-order valence-corrected chi connectivity index (χ3v) is 4.74. The van der Waals surface area contributed by atoms with Crippen molar-refractivity contribution in [2.45, 2.75) is 17.7 Å². The van der Waals surface area contributed by atoms with E-state index in [1.54, 1.807) is 17.8 Å². The smallest absolute Gasteiger partial charge is 0.159 e. The Morgan fingerprint density at radius 2 is 2.00 bits per heavy atom. The second-order valence-corrected chi connectivity index (χ2v) is 5.39. The van der Waals surface area contributed by atoms with E-state index in [2.05, 4.69) is 12.6 Å². The lowest BCUT2D eigenvalue weighted by Crippen LogP contribution is -2.05. The number of halogens is 2. The highest BCUT2D eigenvalue weighted by molar-refractivity contribution is 7.99. The summed E-state index contributed by atoms with van der Waals surface area (Å²) >= 11 is 5.88. The van der Waals surface area contributed by atoms with E-state index in [9.17, 15) is 8.78 Å². The number of hydrogen-bond donors (Lipinski definition) is 1. The SMILES string of the molecule is Fc1ccc(SCC2(CS)CC2)cc1F. The van der Waals surface area contributed by atoms with Crippen LogP contribution in [-0.2, 0) is 0 Å². The van der Waals surface area contributed by atoms with Gasteiger partial charge in [0.2, 0.25) is 0 Å². The van der Waals surface area contributed by atoms with Crippen molar-refractivity contribution in [2.75, 3.05) is 11.5 Å². The van der Waals surface area contributed by atoms with Gasteiger partial charge in [0, 0.05) is 10.6 Å². The van der Waals surface area contributed by atoms with Crippen molar-refractivity contribution < 1.29 is 8.78 Å². The Morgan fingerprint density at radius 1 is 1.27 bits per heavy atom. The van der Waals surface area contributed by atoms with Crippen molar-refractivity contribution in [3.05, 3.63) is 29.8 Å². The maximum atomic E-state index is 12.9. The lowest BCUT2D eigenvalue weighted by molar-refractivity contribution is 0.506. The van der Waals surface area contributed by atoms with Crippen LogP contribution in [0.1, 0.15) is 12.8 Å². The van der Waals surface area contributed by atoms with E-state index in [1.165, 1.54) is 25.0 Å². The zero-order chi connectivity index (χ0) is 10.9. The normalized spacial score (nSPS) is 17.8. The van der Waals surface area contributed by atoms with E-state index in [0.717, 1.165) is 16.4 Å². The summed E-state index contributed by atoms with van der Waals surface area (Å²) in [6.45, 7) is 0. The van der Waals surface area contributed by atoms with Crippen LogP contribution < -0.4 is 0 Å². The molecule has 2 rings (SSSR count). The van der Waals surface area contributed by atoms with Gasteiger partial charge >= 0.3 is 0 Å². The molecule has 0 atom stereocenters. The molecule has 1 fully saturated rings. The van der Waals surface area contributed by atoms with Crippen molar-refractivity contribution >= 4 is 24.4 Å². The summed E-state index contributed by atoms with van der Waals surface area (Å²) in [5.74, 6) is 0.274. The van der Waals surface area contributed by atoms with Crippen LogP contribution in [0.15, 0.2) is 23.1 Å². The molecule has 15 heavy (non-hydrogen) atoms. The van der Waals surface area contributed by atoms with Crippen LogP contribution in [-0.4, -0.2) is 11.5 Å². The van der Waals surface area contributed by atoms with E-state index in [4.69, 9.17) is 0 Å². The van der Waals surface area contributed by atoms with E-state index < -0.39 is 11.6 Å². The average Bonchev–Trinajstić information content (AvgIpc) is 3.01. The molecule has 1 saturated carbocycles. The van der Waals surface area contributed by atoms with Crippen molar-refractivity contribution in [3.8, 4) is 0 Å². The molecule has 0 N–H and O–H groups in total. The molecule has 0 saturated heterocycles. The van der Waals surface area contributed by atoms with Gasteiger partial charge in [0.1, 0.15) is 0 Å². The lowest BCUT2D eigenvalue weighted by atomic mass is 10.2. The zero-order valence-corrected chi connectivity index (χ0v) is 9.88. The number of hydrogen-bond acceptors (Lipinski definition) is 2. The van der Waals surface area contributed by atoms with Crippen molar-refractivity contribution in [2.24, 2.45) is 5.41 Å². The van der Waals surface area contributed by atoms with Gasteiger partial charge in [-0.25, -0.2) is 8.78 Å². The van der Waals surface area contributed by atoms with Crippen molar-refractivity contribution in [1.29, 1.82) is 0 Å². The van der Waals surface area contributed by atoms with Crippen LogP contribution in [0.3, 0.4) is 0 Å². The molecular weight excluding hydrogens is 234 g/mol. The molecule has 1 aliphatic carbocycles. The molecule has 1 aromatic carbocycles. The van der Waals surface area contributed by atoms with E-state index >= 15 is 0 Å². The van der Waals surface area contributed by atoms with E-state index in [1.807, 2.05) is 0 Å². The molecule has 1 aliphatic rings. The fourth-order valence-corrected chi connectivity index (χ4v) is 3.12. The molecular formula is C11H12F2S2. The monoisotopic (exact) mass is 246 g/mol. The van der Waals surface area contributed by atoms with E-state index in [0.29, 0.717) is 5.41 Å². The first-order valence-corrected chi connectivity index (χ1v) is 6.46. The van der Waals surface area contributed by atoms with Gasteiger partial charge in [-0.3, -0.25) is 0 Å². The Hall–Kier alpha value is -0.220. The summed E-state index contributed by atoms with van der Waals surface area (Å²) in [5.41, 5.74) is 0.346. The summed E-state index contributed by atoms with van der Waals surface area (Å²) < 4.78 is 25.5. The molecule has 0 aromatic heterocycles. The minimum Gasteiger partial charge on any atom is -0.204 e. The molecule has 0 nitrogen and oxygen atoms in total. The quantitative estimate of drug-likeness (QED) is 0.623. The topological polar surface area (TPSA) is 0 Å². The van der Waals surface area contributed by atoms with Crippen LogP contribution >= 0.6 is 24.4 Å². The van der Waals surface area contributed by atoms with Crippen LogP contribution in [0.5, 0.6) is 0 Å². The predicted molar refractivity (Wildman–Crippen MR) is 62.6 cm³/mol. The molecule has 0 amide bonds. The van der Waals surface area contributed by atoms with Gasteiger partial charge in [-0.2, -0.15) is 12.6 Å². The maximum Gasteiger partial charge on any atom is 0.159 e. The first-order valence-electron chi connectivity index (χ1n) is 4.84. The highest BCUT2D eigenvalue weighted by Crippen LogP contribution is 2.49. The predicted octanol–water partition coefficient (Wildman–Crippen LogP) is 3.77. The third-order valence-electron chi connectivity index (χ3n) is 2.73. The van der Waals surface area contributed by atoms with Crippen LogP contribution in [0.25, 0.3) is 0 Å². The van der Waals surface area contributed by atoms with Crippen molar-refractivity contribution in [1.82, 2.24) is 0 Å². The van der Waals surface area contributed by atoms with Gasteiger partial charge in [0.05, 0.1) is 0 Å². The molecule has 82 valence electrons. The molecule has 0 unspecified atom stereocenters. The number of thioether (sulfide) groups is 1. The van der Waals surface area contributed by atoms with Gasteiger partial charge < -0.3 is 0 Å². The minimum atomic E-state index is -0.783. The fraction of sp³-hybridized carbons (Fsp3) is 0.455. The minimum absolute atomic E-state index is 0.346. The molecule has 4 heteroatoms. The van der Waals surface area contributed by atoms with Gasteiger partial charge in [-0.1, -0.05) is 0 Å². The van der Waals surface area contributed by atoms with Gasteiger partial charge in [-0.05, 0) is 42.2 Å². The fourth-order valence-electron chi connectivity index (χ4n) is 1.33. The largest absolute Gasteiger partial charge is 0.204 e. The Labute approximate surface area is 97.9 Å². The Bertz CT molecular complexity index is 362. The van der Waals surface area contributed by atoms with Gasteiger partial charge in [0.25, 0.3) is 0 Å². The molecule has 0 heterocycles. The zero-order valence-electron chi connectivity index (χ0n) is 8.17. The molecule has 1 aromatic rings. The third kappa shape index (κ3) is 2.67. The van der Waals surface area contributed by atoms with Gasteiger partial charge in [0.15, 0.2) is 11.6 Å². The highest BCUT2D eigenvalue weighted by atomic mass is 32.2. The lowest BCUT2D eigenvalue weighted by Gasteiger charge is -2.10. The molecule has 0 spiro atoms. The first kappa shape index (κ1) is 11.3. The highest BCUT2D eigenvalue weighted by Gasteiger charge is 2.40. The maximum absolute atomic E-state index is 12.9. The molecule has 0 radical (unpaired) electrons. The summed E-state index contributed by atoms with van der Waals surface area (Å²) in [4.78, 5) is 0.793. The summed E-state index contributed by atoms with van der Waals surface area (Å²) in [6, 6.07) is 4.06. The summed E-state index contributed by atoms with van der Waals surface area (Å²) in [7, 11) is 0. The Kier molecular flexibility index (Phi) is 3.26. The van der Waals surface area contributed by atoms with Crippen molar-refractivity contribution in [3.63, 3.8) is 0 Å². The first-order chi connectivity index (χ1) is 7.15. The summed E-state index contributed by atoms with van der Waals surface area (Å²) in [5, 5.41) is 0. The molecule has 0 bridgehead atoms. The van der Waals surface area contributed by atoms with E-state index in [-0.39, 0.29) is 0 Å². The second kappa shape index (κ2) is 4.34. The standard InChI is InChI=1S/C11H12F2S2/c12-9-2-1-8(5-10(9)13)15-7-11(6-14)3-4-11/h1-2,5,14H,3-4,6-7H2. The number of rotatable bonds is 4. The van der Waals surface area contributed by atoms with Gasteiger partial charge in [-0.15, -0.1) is 11.8 Å². The Balaban J connectivity index is 1.96. The van der Waals surface area contributed by atoms with Crippen LogP contribution in [0, 0.1) is 17.0 Å². The molecule has 0 aliphatic heterocycles. The average molecular weight is 246 g/mol. The number of thiol groups is 1. The van der Waals surface area contributed by atoms with Crippen LogP contribution in [0.2, 0.25) is 0 Å². The Morgan fingerprint density at radius 3 is 2.53 bits per heavy atom. The van der Waals surface area contributed by atoms with Crippen LogP contribution in [0.4, 0.5) is 8.78 Å². The number of benzene rings is 1.